The Morgan fingerprint density at radius 3 is 2.12 bits per heavy atom. The van der Waals surface area contributed by atoms with E-state index in [2.05, 4.69) is 11.2 Å². The van der Waals surface area contributed by atoms with E-state index in [4.69, 9.17) is 10.0 Å². The summed E-state index contributed by atoms with van der Waals surface area (Å²) < 4.78 is 4.17. The Labute approximate surface area is 92.8 Å². The van der Waals surface area contributed by atoms with Crippen molar-refractivity contribution in [2.24, 2.45) is 0 Å². The minimum Gasteiger partial charge on any atom is -1.00 e. The van der Waals surface area contributed by atoms with Crippen molar-refractivity contribution in [1.29, 1.82) is 0 Å². The summed E-state index contributed by atoms with van der Waals surface area (Å²) >= 11 is 0. The van der Waals surface area contributed by atoms with Crippen molar-refractivity contribution < 1.29 is 67.5 Å². The standard InChI is InChI=1S/C3H7BO3.K.H/c1-3(2)7-4(5)6;;/h5-6H,1H2,2H3;;/q;+1;-1. The fourth-order valence-electron chi connectivity index (χ4n) is 0.180. The largest absolute Gasteiger partial charge is 1.00 e. The van der Waals surface area contributed by atoms with E-state index in [9.17, 15) is 0 Å². The van der Waals surface area contributed by atoms with Crippen molar-refractivity contribution in [2.75, 3.05) is 0 Å². The van der Waals surface area contributed by atoms with Crippen LogP contribution in [0.2, 0.25) is 0 Å². The van der Waals surface area contributed by atoms with Crippen molar-refractivity contribution in [3.8, 4) is 0 Å². The molecule has 0 fully saturated rings. The van der Waals surface area contributed by atoms with Gasteiger partial charge in [0.25, 0.3) is 0 Å². The van der Waals surface area contributed by atoms with E-state index in [0.717, 1.165) is 0 Å². The first kappa shape index (κ1) is 11.9. The zero-order chi connectivity index (χ0) is 5.86. The number of hydrogen-bond acceptors (Lipinski definition) is 3. The Kier molecular flexibility index (Phi) is 9.35. The first-order valence-electron chi connectivity index (χ1n) is 1.81. The molecule has 0 spiro atoms. The van der Waals surface area contributed by atoms with Crippen molar-refractivity contribution in [1.82, 2.24) is 0 Å². The van der Waals surface area contributed by atoms with Gasteiger partial charge in [0.05, 0.1) is 5.76 Å². The second kappa shape index (κ2) is 6.28. The summed E-state index contributed by atoms with van der Waals surface area (Å²) in [5.41, 5.74) is 0. The van der Waals surface area contributed by atoms with Gasteiger partial charge >= 0.3 is 58.7 Å². The summed E-state index contributed by atoms with van der Waals surface area (Å²) in [6, 6.07) is 0. The van der Waals surface area contributed by atoms with E-state index in [1.54, 1.807) is 0 Å². The molecule has 0 radical (unpaired) electrons. The topological polar surface area (TPSA) is 49.7 Å². The van der Waals surface area contributed by atoms with Crippen LogP contribution in [0.1, 0.15) is 8.35 Å². The van der Waals surface area contributed by atoms with E-state index < -0.39 is 7.32 Å². The van der Waals surface area contributed by atoms with Crippen LogP contribution < -0.4 is 51.4 Å². The maximum atomic E-state index is 8.00. The Bertz CT molecular complexity index is 79.5. The van der Waals surface area contributed by atoms with Gasteiger partial charge in [0.2, 0.25) is 0 Å². The van der Waals surface area contributed by atoms with Crippen LogP contribution in [0.3, 0.4) is 0 Å². The van der Waals surface area contributed by atoms with E-state index in [1.165, 1.54) is 6.92 Å². The van der Waals surface area contributed by atoms with Crippen LogP contribution in [-0.4, -0.2) is 17.4 Å². The molecule has 0 heterocycles. The van der Waals surface area contributed by atoms with Crippen molar-refractivity contribution in [3.05, 3.63) is 12.3 Å². The summed E-state index contributed by atoms with van der Waals surface area (Å²) in [6.07, 6.45) is 0. The minimum atomic E-state index is -1.72. The van der Waals surface area contributed by atoms with Crippen LogP contribution in [0.5, 0.6) is 0 Å². The number of rotatable bonds is 2. The van der Waals surface area contributed by atoms with Gasteiger partial charge in [-0.2, -0.15) is 0 Å². The molecule has 0 atom stereocenters. The van der Waals surface area contributed by atoms with Gasteiger partial charge in [-0.3, -0.25) is 0 Å². The molecule has 0 aliphatic carbocycles. The average molecular weight is 142 g/mol. The summed E-state index contributed by atoms with van der Waals surface area (Å²) in [5, 5.41) is 16.0. The van der Waals surface area contributed by atoms with Crippen LogP contribution in [0.15, 0.2) is 12.3 Å². The Morgan fingerprint density at radius 2 is 2.12 bits per heavy atom. The molecule has 0 saturated carbocycles. The predicted octanol–water partition coefficient (Wildman–Crippen LogP) is -3.38. The van der Waals surface area contributed by atoms with Gasteiger partial charge in [0.15, 0.2) is 0 Å². The van der Waals surface area contributed by atoms with E-state index in [1.807, 2.05) is 0 Å². The van der Waals surface area contributed by atoms with Gasteiger partial charge in [-0.25, -0.2) is 0 Å². The molecule has 0 aliphatic heterocycles. The van der Waals surface area contributed by atoms with Crippen LogP contribution >= 0.6 is 0 Å². The molecule has 0 unspecified atom stereocenters. The summed E-state index contributed by atoms with van der Waals surface area (Å²) in [5.74, 6) is 0.287. The molecule has 8 heavy (non-hydrogen) atoms. The third kappa shape index (κ3) is 10.2. The van der Waals surface area contributed by atoms with Crippen LogP contribution in [0.4, 0.5) is 0 Å². The number of hydrogen-bond donors (Lipinski definition) is 2. The van der Waals surface area contributed by atoms with E-state index in [0.29, 0.717) is 0 Å². The third-order valence-corrected chi connectivity index (χ3v) is 0.307. The normalized spacial score (nSPS) is 6.88. The molecule has 0 aromatic carbocycles. The molecule has 3 nitrogen and oxygen atoms in total. The summed E-state index contributed by atoms with van der Waals surface area (Å²) in [6.45, 7) is 4.78. The van der Waals surface area contributed by atoms with Gasteiger partial charge in [0, 0.05) is 0 Å². The van der Waals surface area contributed by atoms with E-state index in [-0.39, 0.29) is 58.6 Å². The fourth-order valence-corrected chi connectivity index (χ4v) is 0.180. The molecule has 42 valence electrons. The quantitative estimate of drug-likeness (QED) is 0.312. The van der Waals surface area contributed by atoms with Gasteiger partial charge in [0.1, 0.15) is 0 Å². The molecule has 0 saturated heterocycles. The molecule has 0 bridgehead atoms. The smallest absolute Gasteiger partial charge is 1.00 e. The monoisotopic (exact) mass is 142 g/mol. The molecule has 5 heteroatoms. The second-order valence-corrected chi connectivity index (χ2v) is 1.15. The Balaban J connectivity index is -0.000000180. The van der Waals surface area contributed by atoms with Crippen LogP contribution in [0, 0.1) is 0 Å². The van der Waals surface area contributed by atoms with E-state index >= 15 is 0 Å². The molecule has 0 amide bonds. The van der Waals surface area contributed by atoms with Crippen LogP contribution in [0.25, 0.3) is 0 Å². The Morgan fingerprint density at radius 1 is 1.75 bits per heavy atom. The molecule has 2 N–H and O–H groups in total. The zero-order valence-corrected chi connectivity index (χ0v) is 8.21. The van der Waals surface area contributed by atoms with Gasteiger partial charge in [-0.1, -0.05) is 6.58 Å². The van der Waals surface area contributed by atoms with Gasteiger partial charge < -0.3 is 16.1 Å². The maximum absolute atomic E-state index is 8.00. The molecular weight excluding hydrogens is 134 g/mol. The predicted molar refractivity (Wildman–Crippen MR) is 27.2 cm³/mol. The zero-order valence-electron chi connectivity index (χ0n) is 6.09. The molecule has 0 aromatic heterocycles. The SMILES string of the molecule is C=C(C)OB(O)O.[H-].[K+]. The number of allylic oxidation sites excluding steroid dienone is 1. The van der Waals surface area contributed by atoms with Crippen molar-refractivity contribution in [3.63, 3.8) is 0 Å². The molecule has 0 aliphatic rings. The fraction of sp³-hybridized carbons (Fsp3) is 0.333. The molecular formula is C3H8BKO3. The van der Waals surface area contributed by atoms with Crippen LogP contribution in [-0.2, 0) is 4.65 Å². The summed E-state index contributed by atoms with van der Waals surface area (Å²) in [7, 11) is -1.72. The third-order valence-electron chi connectivity index (χ3n) is 0.307. The molecule has 0 rings (SSSR count). The van der Waals surface area contributed by atoms with Gasteiger partial charge in [-0.15, -0.1) is 0 Å². The minimum absolute atomic E-state index is 0. The Hall–Kier alpha value is 1.16. The maximum Gasteiger partial charge on any atom is 1.00 e. The van der Waals surface area contributed by atoms with Crippen molar-refractivity contribution >= 4 is 7.32 Å². The first-order valence-corrected chi connectivity index (χ1v) is 1.81. The van der Waals surface area contributed by atoms with Gasteiger partial charge in [-0.05, 0) is 6.92 Å². The second-order valence-electron chi connectivity index (χ2n) is 1.15. The first-order chi connectivity index (χ1) is 3.13. The summed E-state index contributed by atoms with van der Waals surface area (Å²) in [4.78, 5) is 0. The van der Waals surface area contributed by atoms with Crippen molar-refractivity contribution in [2.45, 2.75) is 6.92 Å². The average Bonchev–Trinajstić information content (AvgIpc) is 1.27. The molecule has 0 aromatic rings.